The van der Waals surface area contributed by atoms with Crippen LogP contribution in [0.3, 0.4) is 0 Å². The SMILES string of the molecule is C/C=C\C(=C/CC)C(O)CNc1cc(C2(C#N)CCN(CC(F)(F)F)CC2)ncn1. The maximum absolute atomic E-state index is 12.6. The first kappa shape index (κ1) is 23.8. The van der Waals surface area contributed by atoms with Gasteiger partial charge in [0.15, 0.2) is 0 Å². The van der Waals surface area contributed by atoms with Crippen molar-refractivity contribution >= 4 is 5.82 Å². The summed E-state index contributed by atoms with van der Waals surface area (Å²) in [5.41, 5.74) is 0.340. The van der Waals surface area contributed by atoms with Crippen LogP contribution in [0.1, 0.15) is 38.8 Å². The topological polar surface area (TPSA) is 85.1 Å². The Hall–Kier alpha value is -2.44. The van der Waals surface area contributed by atoms with Gasteiger partial charge >= 0.3 is 6.18 Å². The normalized spacial score (nSPS) is 18.9. The lowest BCUT2D eigenvalue weighted by Gasteiger charge is -2.37. The molecule has 1 aliphatic rings. The van der Waals surface area contributed by atoms with Crippen LogP contribution in [0.15, 0.2) is 36.2 Å². The summed E-state index contributed by atoms with van der Waals surface area (Å²) in [6.07, 6.45) is 3.33. The summed E-state index contributed by atoms with van der Waals surface area (Å²) in [4.78, 5) is 9.69. The summed E-state index contributed by atoms with van der Waals surface area (Å²) in [6.45, 7) is 3.47. The van der Waals surface area contributed by atoms with Gasteiger partial charge in [0.25, 0.3) is 0 Å². The van der Waals surface area contributed by atoms with E-state index in [1.54, 1.807) is 6.07 Å². The van der Waals surface area contributed by atoms with Gasteiger partial charge in [-0.25, -0.2) is 9.97 Å². The van der Waals surface area contributed by atoms with Crippen molar-refractivity contribution in [1.82, 2.24) is 14.9 Å². The largest absolute Gasteiger partial charge is 0.401 e. The Balaban J connectivity index is 2.07. The molecule has 0 bridgehead atoms. The second kappa shape index (κ2) is 10.5. The number of allylic oxidation sites excluding steroid dienone is 2. The van der Waals surface area contributed by atoms with E-state index in [9.17, 15) is 23.5 Å². The van der Waals surface area contributed by atoms with Gasteiger partial charge in [-0.3, -0.25) is 4.90 Å². The van der Waals surface area contributed by atoms with Crippen LogP contribution in [0.25, 0.3) is 0 Å². The molecule has 1 aromatic rings. The van der Waals surface area contributed by atoms with Crippen molar-refractivity contribution in [3.63, 3.8) is 0 Å². The summed E-state index contributed by atoms with van der Waals surface area (Å²) in [5, 5.41) is 23.2. The highest BCUT2D eigenvalue weighted by Crippen LogP contribution is 2.35. The number of aliphatic hydroxyl groups is 1. The van der Waals surface area contributed by atoms with E-state index in [-0.39, 0.29) is 32.5 Å². The zero-order valence-corrected chi connectivity index (χ0v) is 17.3. The molecule has 2 rings (SSSR count). The first-order chi connectivity index (χ1) is 14.2. The first-order valence-corrected chi connectivity index (χ1v) is 10.0. The number of aromatic nitrogens is 2. The number of likely N-dealkylation sites (tertiary alicyclic amines) is 1. The van der Waals surface area contributed by atoms with Gasteiger partial charge in [0.05, 0.1) is 24.4 Å². The van der Waals surface area contributed by atoms with Crippen molar-refractivity contribution in [3.05, 3.63) is 41.9 Å². The maximum atomic E-state index is 12.6. The van der Waals surface area contributed by atoms with Gasteiger partial charge in [-0.2, -0.15) is 18.4 Å². The van der Waals surface area contributed by atoms with Crippen molar-refractivity contribution in [2.45, 2.75) is 50.8 Å². The first-order valence-electron chi connectivity index (χ1n) is 10.0. The lowest BCUT2D eigenvalue weighted by atomic mass is 9.76. The number of piperidine rings is 1. The summed E-state index contributed by atoms with van der Waals surface area (Å²) >= 11 is 0. The van der Waals surface area contributed by atoms with Crippen LogP contribution in [0, 0.1) is 11.3 Å². The molecule has 1 atom stereocenters. The highest BCUT2D eigenvalue weighted by atomic mass is 19.4. The van der Waals surface area contributed by atoms with Gasteiger partial charge in [-0.05, 0) is 31.8 Å². The fraction of sp³-hybridized carbons (Fsp3) is 0.571. The zero-order chi connectivity index (χ0) is 22.2. The Labute approximate surface area is 175 Å². The number of alkyl halides is 3. The van der Waals surface area contributed by atoms with E-state index in [4.69, 9.17) is 0 Å². The van der Waals surface area contributed by atoms with Gasteiger partial charge in [0, 0.05) is 25.7 Å². The number of halogens is 3. The van der Waals surface area contributed by atoms with Gasteiger partial charge in [-0.1, -0.05) is 25.2 Å². The lowest BCUT2D eigenvalue weighted by Crippen LogP contribution is -2.45. The molecule has 1 fully saturated rings. The van der Waals surface area contributed by atoms with Crippen molar-refractivity contribution in [3.8, 4) is 6.07 Å². The van der Waals surface area contributed by atoms with Crippen LogP contribution in [0.5, 0.6) is 0 Å². The molecule has 0 amide bonds. The number of nitrogens with one attached hydrogen (secondary N) is 1. The van der Waals surface area contributed by atoms with Gasteiger partial charge in [-0.15, -0.1) is 0 Å². The molecule has 0 aliphatic carbocycles. The molecule has 1 unspecified atom stereocenters. The standard InChI is InChI=1S/C21H28F3N5O/c1-3-5-16(6-4-2)17(30)12-26-19-11-18(27-15-28-19)20(13-25)7-9-29(10-8-20)14-21(22,23)24/h3,5-6,11,15,17,30H,4,7-10,12,14H2,1-2H3,(H,26,27,28)/b5-3-,16-6+. The van der Waals surface area contributed by atoms with E-state index in [1.807, 2.05) is 32.1 Å². The third kappa shape index (κ3) is 6.54. The van der Waals surface area contributed by atoms with Crippen molar-refractivity contribution in [2.75, 3.05) is 31.5 Å². The van der Waals surface area contributed by atoms with Crippen LogP contribution < -0.4 is 5.32 Å². The van der Waals surface area contributed by atoms with Crippen LogP contribution >= 0.6 is 0 Å². The predicted octanol–water partition coefficient (Wildman–Crippen LogP) is 3.58. The summed E-state index contributed by atoms with van der Waals surface area (Å²) < 4.78 is 37.9. The molecule has 6 nitrogen and oxygen atoms in total. The highest BCUT2D eigenvalue weighted by Gasteiger charge is 2.41. The fourth-order valence-corrected chi connectivity index (χ4v) is 3.55. The molecule has 0 spiro atoms. The van der Waals surface area contributed by atoms with Crippen molar-refractivity contribution < 1.29 is 18.3 Å². The average molecular weight is 423 g/mol. The minimum Gasteiger partial charge on any atom is -0.387 e. The Bertz CT molecular complexity index is 793. The van der Waals surface area contributed by atoms with Crippen LogP contribution in [-0.4, -0.2) is 58.4 Å². The molecule has 30 heavy (non-hydrogen) atoms. The number of anilines is 1. The van der Waals surface area contributed by atoms with E-state index in [2.05, 4.69) is 21.4 Å². The molecule has 2 N–H and O–H groups in total. The van der Waals surface area contributed by atoms with E-state index in [1.165, 1.54) is 11.2 Å². The van der Waals surface area contributed by atoms with Crippen molar-refractivity contribution in [1.29, 1.82) is 5.26 Å². The summed E-state index contributed by atoms with van der Waals surface area (Å²) in [7, 11) is 0. The maximum Gasteiger partial charge on any atom is 0.401 e. The molecule has 9 heteroatoms. The highest BCUT2D eigenvalue weighted by molar-refractivity contribution is 5.41. The number of nitrogens with zero attached hydrogens (tertiary/aromatic N) is 4. The smallest absolute Gasteiger partial charge is 0.387 e. The molecule has 0 aromatic carbocycles. The molecular formula is C21H28F3N5O. The van der Waals surface area contributed by atoms with Crippen molar-refractivity contribution in [2.24, 2.45) is 0 Å². The second-order valence-corrected chi connectivity index (χ2v) is 7.38. The Morgan fingerprint density at radius 1 is 1.40 bits per heavy atom. The average Bonchev–Trinajstić information content (AvgIpc) is 2.72. The Kier molecular flexibility index (Phi) is 8.38. The van der Waals surface area contributed by atoms with Gasteiger partial charge in [0.2, 0.25) is 0 Å². The number of hydrogen-bond acceptors (Lipinski definition) is 6. The van der Waals surface area contributed by atoms with Crippen LogP contribution in [-0.2, 0) is 5.41 Å². The quantitative estimate of drug-likeness (QED) is 0.622. The Morgan fingerprint density at radius 2 is 2.10 bits per heavy atom. The minimum atomic E-state index is -4.25. The fourth-order valence-electron chi connectivity index (χ4n) is 3.55. The van der Waals surface area contributed by atoms with E-state index in [0.29, 0.717) is 11.5 Å². The molecule has 2 heterocycles. The number of aliphatic hydroxyl groups excluding tert-OH is 1. The molecule has 1 saturated heterocycles. The Morgan fingerprint density at radius 3 is 2.67 bits per heavy atom. The zero-order valence-electron chi connectivity index (χ0n) is 17.3. The number of hydrogen-bond donors (Lipinski definition) is 2. The summed E-state index contributed by atoms with van der Waals surface area (Å²) in [5.74, 6) is 0.461. The number of nitriles is 1. The molecule has 0 radical (unpaired) electrons. The van der Waals surface area contributed by atoms with E-state index in [0.717, 1.165) is 12.0 Å². The van der Waals surface area contributed by atoms with Gasteiger partial charge in [0.1, 0.15) is 17.6 Å². The predicted molar refractivity (Wildman–Crippen MR) is 109 cm³/mol. The molecule has 1 aromatic heterocycles. The molecular weight excluding hydrogens is 395 g/mol. The van der Waals surface area contributed by atoms with Crippen LogP contribution in [0.2, 0.25) is 0 Å². The molecule has 0 saturated carbocycles. The van der Waals surface area contributed by atoms with Gasteiger partial charge < -0.3 is 10.4 Å². The second-order valence-electron chi connectivity index (χ2n) is 7.38. The summed E-state index contributed by atoms with van der Waals surface area (Å²) in [6, 6.07) is 3.91. The third-order valence-corrected chi connectivity index (χ3v) is 5.14. The lowest BCUT2D eigenvalue weighted by molar-refractivity contribution is -0.148. The minimum absolute atomic E-state index is 0.174. The van der Waals surface area contributed by atoms with E-state index >= 15 is 0 Å². The van der Waals surface area contributed by atoms with Crippen LogP contribution in [0.4, 0.5) is 19.0 Å². The monoisotopic (exact) mass is 423 g/mol. The van der Waals surface area contributed by atoms with E-state index < -0.39 is 24.2 Å². The molecule has 1 aliphatic heterocycles. The third-order valence-electron chi connectivity index (χ3n) is 5.14. The molecule has 164 valence electrons. The number of rotatable bonds is 8.